The molecule has 0 spiro atoms. The van der Waals surface area contributed by atoms with Gasteiger partial charge in [-0.3, -0.25) is 15.1 Å². The summed E-state index contributed by atoms with van der Waals surface area (Å²) in [5.41, 5.74) is 1.41. The first-order valence-electron chi connectivity index (χ1n) is 8.85. The minimum atomic E-state index is -0.367. The Hall–Kier alpha value is -3.16. The quantitative estimate of drug-likeness (QED) is 0.610. The average Bonchev–Trinajstić information content (AvgIpc) is 2.61. The van der Waals surface area contributed by atoms with Gasteiger partial charge in [-0.25, -0.2) is 9.97 Å². The lowest BCUT2D eigenvalue weighted by Gasteiger charge is -2.12. The molecule has 1 atom stereocenters. The van der Waals surface area contributed by atoms with Crippen LogP contribution in [0.25, 0.3) is 10.9 Å². The minimum Gasteiger partial charge on any atom is -0.497 e. The summed E-state index contributed by atoms with van der Waals surface area (Å²) in [4.78, 5) is 27.9. The number of fused-ring (bicyclic) bond motifs is 1. The zero-order chi connectivity index (χ0) is 19.6. The van der Waals surface area contributed by atoms with Crippen LogP contribution in [0.4, 0.5) is 11.9 Å². The molecule has 27 heavy (non-hydrogen) atoms. The second-order valence-corrected chi connectivity index (χ2v) is 6.48. The molecule has 1 aromatic carbocycles. The van der Waals surface area contributed by atoms with E-state index in [1.165, 1.54) is 0 Å². The molecule has 2 heterocycles. The van der Waals surface area contributed by atoms with Gasteiger partial charge in [0.15, 0.2) is 0 Å². The number of ether oxygens (including phenoxy) is 1. The van der Waals surface area contributed by atoms with E-state index in [9.17, 15) is 9.90 Å². The highest BCUT2D eigenvalue weighted by molar-refractivity contribution is 5.83. The standard InChI is InChI=1S/C19H23N5O3/c1-5-6-10(2)15-16(25)22-19(23-17(15)26)24-18-20-11(3)13-9-12(27-4)7-8-14(13)21-18/h7-10H,5-6H2,1-4H3,(H3,20,21,22,23,24,25,26)/t10-/m1/s1. The molecule has 0 aliphatic rings. The fourth-order valence-electron chi connectivity index (χ4n) is 3.10. The number of rotatable bonds is 6. The molecule has 0 bridgehead atoms. The van der Waals surface area contributed by atoms with Crippen LogP contribution in [0.5, 0.6) is 11.6 Å². The number of hydrogen-bond acceptors (Lipinski definition) is 7. The third-order valence-corrected chi connectivity index (χ3v) is 4.47. The minimum absolute atomic E-state index is 0.0746. The number of aryl methyl sites for hydroxylation is 1. The Labute approximate surface area is 156 Å². The van der Waals surface area contributed by atoms with Gasteiger partial charge in [-0.15, -0.1) is 0 Å². The van der Waals surface area contributed by atoms with E-state index in [2.05, 4.69) is 25.3 Å². The number of H-pyrrole nitrogens is 1. The van der Waals surface area contributed by atoms with Gasteiger partial charge in [-0.1, -0.05) is 20.3 Å². The summed E-state index contributed by atoms with van der Waals surface area (Å²) in [6.07, 6.45) is 1.70. The molecule has 2 aromatic heterocycles. The fourth-order valence-corrected chi connectivity index (χ4v) is 3.10. The number of nitrogens with one attached hydrogen (secondary N) is 2. The van der Waals surface area contributed by atoms with E-state index in [0.29, 0.717) is 5.56 Å². The first-order chi connectivity index (χ1) is 12.9. The maximum absolute atomic E-state index is 12.4. The first-order valence-corrected chi connectivity index (χ1v) is 8.85. The predicted molar refractivity (Wildman–Crippen MR) is 104 cm³/mol. The van der Waals surface area contributed by atoms with Gasteiger partial charge in [0.05, 0.1) is 23.9 Å². The van der Waals surface area contributed by atoms with Crippen LogP contribution >= 0.6 is 0 Å². The van der Waals surface area contributed by atoms with E-state index >= 15 is 0 Å². The zero-order valence-corrected chi connectivity index (χ0v) is 15.8. The summed E-state index contributed by atoms with van der Waals surface area (Å²) in [5, 5.41) is 13.9. The Kier molecular flexibility index (Phi) is 5.25. The summed E-state index contributed by atoms with van der Waals surface area (Å²) in [5.74, 6) is 0.751. The van der Waals surface area contributed by atoms with Gasteiger partial charge >= 0.3 is 0 Å². The van der Waals surface area contributed by atoms with Crippen molar-refractivity contribution in [3.63, 3.8) is 0 Å². The third-order valence-electron chi connectivity index (χ3n) is 4.47. The summed E-state index contributed by atoms with van der Waals surface area (Å²) < 4.78 is 5.23. The van der Waals surface area contributed by atoms with E-state index in [4.69, 9.17) is 4.74 Å². The van der Waals surface area contributed by atoms with Gasteiger partial charge in [-0.05, 0) is 37.5 Å². The predicted octanol–water partition coefficient (Wildman–Crippen LogP) is 3.38. The summed E-state index contributed by atoms with van der Waals surface area (Å²) in [7, 11) is 1.60. The van der Waals surface area contributed by atoms with E-state index < -0.39 is 0 Å². The maximum atomic E-state index is 12.4. The van der Waals surface area contributed by atoms with Crippen molar-refractivity contribution >= 4 is 22.8 Å². The highest BCUT2D eigenvalue weighted by atomic mass is 16.5. The molecular weight excluding hydrogens is 346 g/mol. The average molecular weight is 369 g/mol. The van der Waals surface area contributed by atoms with Gasteiger partial charge in [0.2, 0.25) is 17.8 Å². The normalized spacial score (nSPS) is 12.1. The van der Waals surface area contributed by atoms with Crippen molar-refractivity contribution in [2.24, 2.45) is 0 Å². The number of nitrogens with zero attached hydrogens (tertiary/aromatic N) is 3. The van der Waals surface area contributed by atoms with Crippen LogP contribution in [0.15, 0.2) is 23.0 Å². The van der Waals surface area contributed by atoms with Crippen LogP contribution in [0, 0.1) is 6.92 Å². The second kappa shape index (κ2) is 7.61. The Morgan fingerprint density at radius 1 is 1.30 bits per heavy atom. The molecule has 8 nitrogen and oxygen atoms in total. The van der Waals surface area contributed by atoms with Crippen molar-refractivity contribution in [2.75, 3.05) is 12.4 Å². The maximum Gasteiger partial charge on any atom is 0.259 e. The topological polar surface area (TPSA) is 113 Å². The number of aromatic nitrogens is 4. The molecule has 0 unspecified atom stereocenters. The molecule has 3 N–H and O–H groups in total. The molecule has 3 aromatic rings. The number of anilines is 2. The smallest absolute Gasteiger partial charge is 0.259 e. The molecular formula is C19H23N5O3. The molecule has 3 rings (SSSR count). The van der Waals surface area contributed by atoms with E-state index in [1.807, 2.05) is 39.0 Å². The first kappa shape index (κ1) is 18.6. The van der Waals surface area contributed by atoms with Crippen LogP contribution in [0.3, 0.4) is 0 Å². The Morgan fingerprint density at radius 2 is 2.07 bits per heavy atom. The van der Waals surface area contributed by atoms with Crippen molar-refractivity contribution in [1.29, 1.82) is 0 Å². The molecule has 0 radical (unpaired) electrons. The molecule has 0 fully saturated rings. The molecule has 0 saturated heterocycles. The Morgan fingerprint density at radius 3 is 2.74 bits per heavy atom. The highest BCUT2D eigenvalue weighted by Crippen LogP contribution is 2.26. The molecule has 0 saturated carbocycles. The fraction of sp³-hybridized carbons (Fsp3) is 0.368. The van der Waals surface area contributed by atoms with Crippen LogP contribution in [-0.2, 0) is 0 Å². The molecule has 0 aliphatic carbocycles. The van der Waals surface area contributed by atoms with Crippen molar-refractivity contribution < 1.29 is 9.84 Å². The molecule has 8 heteroatoms. The lowest BCUT2D eigenvalue weighted by Crippen LogP contribution is -2.18. The van der Waals surface area contributed by atoms with Crippen LogP contribution < -0.4 is 15.6 Å². The lowest BCUT2D eigenvalue weighted by molar-refractivity contribution is 0.415. The Balaban J connectivity index is 1.94. The van der Waals surface area contributed by atoms with E-state index in [-0.39, 0.29) is 29.3 Å². The second-order valence-electron chi connectivity index (χ2n) is 6.48. The number of methoxy groups -OCH3 is 1. The SMILES string of the molecule is CCC[C@@H](C)c1c(O)nc(Nc2nc(C)c3cc(OC)ccc3n2)[nH]c1=O. The number of aromatic hydroxyl groups is 1. The van der Waals surface area contributed by atoms with Crippen molar-refractivity contribution in [3.05, 3.63) is 39.8 Å². The summed E-state index contributed by atoms with van der Waals surface area (Å²) in [6, 6.07) is 5.51. The number of aromatic amines is 1. The van der Waals surface area contributed by atoms with Gasteiger partial charge in [0, 0.05) is 5.39 Å². The molecule has 0 amide bonds. The zero-order valence-electron chi connectivity index (χ0n) is 15.8. The van der Waals surface area contributed by atoms with Gasteiger partial charge < -0.3 is 9.84 Å². The van der Waals surface area contributed by atoms with Crippen LogP contribution in [-0.4, -0.2) is 32.2 Å². The number of hydrogen-bond donors (Lipinski definition) is 3. The van der Waals surface area contributed by atoms with Gasteiger partial charge in [-0.2, -0.15) is 4.98 Å². The van der Waals surface area contributed by atoms with Crippen LogP contribution in [0.1, 0.15) is 43.9 Å². The highest BCUT2D eigenvalue weighted by Gasteiger charge is 2.17. The Bertz CT molecular complexity index is 1030. The molecule has 142 valence electrons. The monoisotopic (exact) mass is 369 g/mol. The summed E-state index contributed by atoms with van der Waals surface area (Å²) in [6.45, 7) is 5.78. The van der Waals surface area contributed by atoms with Gasteiger partial charge in [0.25, 0.3) is 5.56 Å². The van der Waals surface area contributed by atoms with Crippen LogP contribution in [0.2, 0.25) is 0 Å². The third kappa shape index (κ3) is 3.84. The van der Waals surface area contributed by atoms with Crippen molar-refractivity contribution in [3.8, 4) is 11.6 Å². The van der Waals surface area contributed by atoms with E-state index in [0.717, 1.165) is 35.2 Å². The van der Waals surface area contributed by atoms with Gasteiger partial charge in [0.1, 0.15) is 5.75 Å². The largest absolute Gasteiger partial charge is 0.497 e. The van der Waals surface area contributed by atoms with Crippen molar-refractivity contribution in [1.82, 2.24) is 19.9 Å². The summed E-state index contributed by atoms with van der Waals surface area (Å²) >= 11 is 0. The number of benzene rings is 1. The lowest BCUT2D eigenvalue weighted by atomic mass is 9.99. The van der Waals surface area contributed by atoms with E-state index in [1.54, 1.807) is 7.11 Å². The van der Waals surface area contributed by atoms with Crippen molar-refractivity contribution in [2.45, 2.75) is 39.5 Å². The molecule has 0 aliphatic heterocycles.